The maximum absolute atomic E-state index is 13.4. The first-order chi connectivity index (χ1) is 15.8. The summed E-state index contributed by atoms with van der Waals surface area (Å²) < 4.78 is 5.48. The minimum Gasteiger partial charge on any atom is -0.459 e. The molecule has 1 N–H and O–H groups in total. The Labute approximate surface area is 197 Å². The van der Waals surface area contributed by atoms with Gasteiger partial charge in [0.2, 0.25) is 0 Å². The minimum atomic E-state index is -1.82. The summed E-state index contributed by atoms with van der Waals surface area (Å²) in [6.45, 7) is 1.30. The third-order valence-corrected chi connectivity index (χ3v) is 6.53. The van der Waals surface area contributed by atoms with E-state index < -0.39 is 23.6 Å². The molecule has 0 saturated heterocycles. The summed E-state index contributed by atoms with van der Waals surface area (Å²) in [4.78, 5) is 39.5. The Kier molecular flexibility index (Phi) is 6.19. The second-order valence-electron chi connectivity index (χ2n) is 8.30. The van der Waals surface area contributed by atoms with Gasteiger partial charge in [-0.05, 0) is 36.2 Å². The molecule has 0 bridgehead atoms. The molecular weight excluding hydrogens is 440 g/mol. The molecule has 1 unspecified atom stereocenters. The average molecular weight is 463 g/mol. The topological polar surface area (TPSA) is 80.7 Å². The highest BCUT2D eigenvalue weighted by Crippen LogP contribution is 2.47. The molecule has 0 fully saturated rings. The van der Waals surface area contributed by atoms with Crippen molar-refractivity contribution < 1.29 is 24.2 Å². The largest absolute Gasteiger partial charge is 0.459 e. The van der Waals surface area contributed by atoms with Crippen LogP contribution in [0.1, 0.15) is 56.4 Å². The van der Waals surface area contributed by atoms with Gasteiger partial charge in [-0.15, -0.1) is 0 Å². The van der Waals surface area contributed by atoms with Crippen LogP contribution in [-0.4, -0.2) is 29.2 Å². The first-order valence-corrected chi connectivity index (χ1v) is 11.1. The van der Waals surface area contributed by atoms with Crippen LogP contribution in [0.25, 0.3) is 0 Å². The van der Waals surface area contributed by atoms with Crippen molar-refractivity contribution in [3.8, 4) is 0 Å². The maximum atomic E-state index is 13.4. The Balaban J connectivity index is 1.71. The first kappa shape index (κ1) is 22.9. The number of hydrogen-bond acceptors (Lipinski definition) is 5. The van der Waals surface area contributed by atoms with Gasteiger partial charge in [-0.2, -0.15) is 0 Å². The van der Waals surface area contributed by atoms with Gasteiger partial charge in [-0.25, -0.2) is 4.79 Å². The normalized spacial score (nSPS) is 16.2. The number of carbonyl (C=O) groups is 3. The summed E-state index contributed by atoms with van der Waals surface area (Å²) in [5.41, 5.74) is -1.91. The number of carbonyl (C=O) groups excluding carboxylic acids is 3. The number of hydrogen-bond donors (Lipinski definition) is 1. The number of esters is 1. The Bertz CT molecular complexity index is 1180. The van der Waals surface area contributed by atoms with Crippen LogP contribution < -0.4 is 0 Å². The third kappa shape index (κ3) is 4.10. The van der Waals surface area contributed by atoms with Gasteiger partial charge in [0.15, 0.2) is 11.6 Å². The smallest absolute Gasteiger partial charge is 0.338 e. The van der Waals surface area contributed by atoms with Crippen molar-refractivity contribution in [2.75, 3.05) is 6.61 Å². The van der Waals surface area contributed by atoms with E-state index in [-0.39, 0.29) is 24.4 Å². The number of rotatable bonds is 7. The van der Waals surface area contributed by atoms with Crippen molar-refractivity contribution in [2.45, 2.75) is 25.4 Å². The van der Waals surface area contributed by atoms with E-state index in [4.69, 9.17) is 16.3 Å². The molecule has 1 aliphatic carbocycles. The molecule has 5 nitrogen and oxygen atoms in total. The predicted octanol–water partition coefficient (Wildman–Crippen LogP) is 5.25. The fourth-order valence-electron chi connectivity index (χ4n) is 4.46. The van der Waals surface area contributed by atoms with Crippen LogP contribution in [0.15, 0.2) is 78.9 Å². The molecule has 4 rings (SSSR count). The quantitative estimate of drug-likeness (QED) is 0.383. The molecule has 0 aliphatic heterocycles. The average Bonchev–Trinajstić information content (AvgIpc) is 3.05. The molecule has 1 atom stereocenters. The lowest BCUT2D eigenvalue weighted by Gasteiger charge is -2.36. The van der Waals surface area contributed by atoms with Gasteiger partial charge in [0.05, 0.1) is 11.0 Å². The van der Waals surface area contributed by atoms with Crippen molar-refractivity contribution >= 4 is 29.1 Å². The molecule has 6 heteroatoms. The van der Waals surface area contributed by atoms with Gasteiger partial charge in [0, 0.05) is 22.6 Å². The molecule has 3 aromatic rings. The van der Waals surface area contributed by atoms with Crippen molar-refractivity contribution in [1.29, 1.82) is 0 Å². The van der Waals surface area contributed by atoms with E-state index in [0.717, 1.165) is 0 Å². The summed E-state index contributed by atoms with van der Waals surface area (Å²) in [6.07, 6.45) is -0.0554. The van der Waals surface area contributed by atoms with Gasteiger partial charge in [0.25, 0.3) is 0 Å². The Hall–Kier alpha value is -3.28. The molecule has 3 aromatic carbocycles. The zero-order chi connectivity index (χ0) is 23.6. The number of aliphatic hydroxyl groups is 1. The van der Waals surface area contributed by atoms with E-state index in [1.807, 2.05) is 0 Å². The van der Waals surface area contributed by atoms with Crippen LogP contribution in [0.2, 0.25) is 5.02 Å². The number of halogens is 1. The summed E-state index contributed by atoms with van der Waals surface area (Å²) in [5.74, 6) is -1.28. The molecule has 0 radical (unpaired) electrons. The molecule has 168 valence electrons. The molecule has 33 heavy (non-hydrogen) atoms. The van der Waals surface area contributed by atoms with Gasteiger partial charge in [-0.3, -0.25) is 9.59 Å². The fourth-order valence-corrected chi connectivity index (χ4v) is 4.65. The molecule has 0 aromatic heterocycles. The first-order valence-electron chi connectivity index (χ1n) is 10.7. The van der Waals surface area contributed by atoms with E-state index in [0.29, 0.717) is 27.3 Å². The lowest BCUT2D eigenvalue weighted by molar-refractivity contribution is -0.0574. The van der Waals surface area contributed by atoms with Crippen LogP contribution >= 0.6 is 11.6 Å². The monoisotopic (exact) mass is 462 g/mol. The minimum absolute atomic E-state index is 0.189. The van der Waals surface area contributed by atoms with Crippen molar-refractivity contribution in [2.24, 2.45) is 5.41 Å². The second kappa shape index (κ2) is 8.93. The van der Waals surface area contributed by atoms with Crippen LogP contribution in [0.3, 0.4) is 0 Å². The maximum Gasteiger partial charge on any atom is 0.338 e. The summed E-state index contributed by atoms with van der Waals surface area (Å²) in [5, 5.41) is 12.2. The van der Waals surface area contributed by atoms with E-state index in [1.54, 1.807) is 85.8 Å². The highest BCUT2D eigenvalue weighted by atomic mass is 35.5. The van der Waals surface area contributed by atoms with E-state index >= 15 is 0 Å². The molecule has 0 spiro atoms. The van der Waals surface area contributed by atoms with E-state index in [1.165, 1.54) is 0 Å². The molecule has 0 heterocycles. The third-order valence-electron chi connectivity index (χ3n) is 6.30. The van der Waals surface area contributed by atoms with Crippen molar-refractivity contribution in [3.05, 3.63) is 106 Å². The number of ketones is 2. The summed E-state index contributed by atoms with van der Waals surface area (Å²) >= 11 is 6.17. The highest BCUT2D eigenvalue weighted by Gasteiger charge is 2.55. The highest BCUT2D eigenvalue weighted by molar-refractivity contribution is 6.30. The Morgan fingerprint density at radius 3 is 2.12 bits per heavy atom. The summed E-state index contributed by atoms with van der Waals surface area (Å²) in [7, 11) is 0. The van der Waals surface area contributed by atoms with Crippen molar-refractivity contribution in [3.63, 3.8) is 0 Å². The van der Waals surface area contributed by atoms with Crippen LogP contribution in [-0.2, 0) is 10.3 Å². The van der Waals surface area contributed by atoms with Crippen LogP contribution in [0.5, 0.6) is 0 Å². The molecule has 1 aliphatic rings. The number of benzene rings is 3. The Morgan fingerprint density at radius 1 is 0.939 bits per heavy atom. The number of ether oxygens (including phenoxy) is 1. The van der Waals surface area contributed by atoms with Gasteiger partial charge in [-0.1, -0.05) is 73.1 Å². The Morgan fingerprint density at radius 2 is 1.55 bits per heavy atom. The van der Waals surface area contributed by atoms with Crippen LogP contribution in [0.4, 0.5) is 0 Å². The lowest BCUT2D eigenvalue weighted by Crippen LogP contribution is -2.44. The zero-order valence-corrected chi connectivity index (χ0v) is 18.8. The lowest BCUT2D eigenvalue weighted by atomic mass is 9.70. The number of Topliss-reactive ketones (excluding diaryl/α,β-unsaturated/α-hetero) is 2. The predicted molar refractivity (Wildman–Crippen MR) is 125 cm³/mol. The standard InChI is InChI=1S/C27H23ClO5/c1-2-26(23(29)21-13-6-7-14-22(21)24(26)30)16-27(32,19-11-8-12-20(28)15-19)17-33-25(31)18-9-4-3-5-10-18/h3-15,32H,2,16-17H2,1H3. The van der Waals surface area contributed by atoms with Gasteiger partial charge in [0.1, 0.15) is 12.2 Å². The second-order valence-corrected chi connectivity index (χ2v) is 8.74. The molecular formula is C27H23ClO5. The molecule has 0 amide bonds. The van der Waals surface area contributed by atoms with Crippen LogP contribution in [0, 0.1) is 5.41 Å². The summed E-state index contributed by atoms with van der Waals surface area (Å²) in [6, 6.07) is 21.6. The fraction of sp³-hybridized carbons (Fsp3) is 0.222. The van der Waals surface area contributed by atoms with Gasteiger partial charge < -0.3 is 9.84 Å². The molecule has 0 saturated carbocycles. The van der Waals surface area contributed by atoms with Crippen molar-refractivity contribution in [1.82, 2.24) is 0 Å². The van der Waals surface area contributed by atoms with E-state index in [2.05, 4.69) is 0 Å². The SMILES string of the molecule is CCC1(CC(O)(COC(=O)c2ccccc2)c2cccc(Cl)c2)C(=O)c2ccccc2C1=O. The van der Waals surface area contributed by atoms with E-state index in [9.17, 15) is 19.5 Å². The number of fused-ring (bicyclic) bond motifs is 1. The van der Waals surface area contributed by atoms with Gasteiger partial charge >= 0.3 is 5.97 Å². The zero-order valence-electron chi connectivity index (χ0n) is 18.1.